The molecule has 1 aromatic rings. The average molecular weight is 320 g/mol. The Labute approximate surface area is 136 Å². The van der Waals surface area contributed by atoms with Crippen LogP contribution in [0, 0.1) is 10.1 Å². The third-order valence-corrected chi connectivity index (χ3v) is 4.15. The summed E-state index contributed by atoms with van der Waals surface area (Å²) >= 11 is 0. The molecule has 0 atom stereocenters. The highest BCUT2D eigenvalue weighted by molar-refractivity contribution is 5.76. The summed E-state index contributed by atoms with van der Waals surface area (Å²) in [4.78, 5) is 26.5. The largest absolute Gasteiger partial charge is 0.368 e. The van der Waals surface area contributed by atoms with Gasteiger partial charge in [-0.25, -0.2) is 0 Å². The van der Waals surface area contributed by atoms with Crippen LogP contribution in [0.4, 0.5) is 11.4 Å². The molecule has 0 spiro atoms. The van der Waals surface area contributed by atoms with Gasteiger partial charge in [0, 0.05) is 50.4 Å². The average Bonchev–Trinajstić information content (AvgIpc) is 2.59. The Morgan fingerprint density at radius 1 is 1.09 bits per heavy atom. The second kappa shape index (κ2) is 8.47. The van der Waals surface area contributed by atoms with E-state index in [2.05, 4.69) is 4.90 Å². The highest BCUT2D eigenvalue weighted by Gasteiger charge is 2.21. The van der Waals surface area contributed by atoms with Gasteiger partial charge in [0.2, 0.25) is 5.91 Å². The summed E-state index contributed by atoms with van der Waals surface area (Å²) in [7, 11) is 0. The number of nitrogens with two attached hydrogens (primary N) is 1. The van der Waals surface area contributed by atoms with Crippen molar-refractivity contribution in [2.45, 2.75) is 25.7 Å². The van der Waals surface area contributed by atoms with Crippen molar-refractivity contribution in [1.82, 2.24) is 4.90 Å². The number of carbonyl (C=O) groups excluding carboxylic acids is 1. The molecule has 126 valence electrons. The van der Waals surface area contributed by atoms with Crippen LogP contribution in [0.25, 0.3) is 0 Å². The number of nitro benzene ring substituents is 1. The van der Waals surface area contributed by atoms with Gasteiger partial charge in [-0.15, -0.1) is 0 Å². The normalized spacial score (nSPS) is 14.8. The molecule has 0 aromatic heterocycles. The van der Waals surface area contributed by atoms with Crippen LogP contribution in [0.5, 0.6) is 0 Å². The molecule has 1 aliphatic heterocycles. The van der Waals surface area contributed by atoms with Gasteiger partial charge in [-0.1, -0.05) is 6.42 Å². The van der Waals surface area contributed by atoms with Crippen LogP contribution in [0.3, 0.4) is 0 Å². The summed E-state index contributed by atoms with van der Waals surface area (Å²) in [5, 5.41) is 10.7. The van der Waals surface area contributed by atoms with Crippen molar-refractivity contribution in [3.05, 3.63) is 34.4 Å². The van der Waals surface area contributed by atoms with Gasteiger partial charge in [-0.05, 0) is 31.5 Å². The van der Waals surface area contributed by atoms with Crippen LogP contribution in [0.15, 0.2) is 24.3 Å². The Bertz CT molecular complexity index is 525. The first-order valence-corrected chi connectivity index (χ1v) is 8.09. The van der Waals surface area contributed by atoms with Crippen molar-refractivity contribution in [1.29, 1.82) is 0 Å². The van der Waals surface area contributed by atoms with Crippen molar-refractivity contribution in [3.63, 3.8) is 0 Å². The summed E-state index contributed by atoms with van der Waals surface area (Å²) in [5.74, 6) is 0.213. The fourth-order valence-corrected chi connectivity index (χ4v) is 2.75. The standard InChI is InChI=1S/C16H24N4O3/c17-9-3-1-2-4-16(21)19-12-10-18(11-13-19)14-5-7-15(8-6-14)20(22)23/h5-8H,1-4,9-13,17H2. The molecule has 23 heavy (non-hydrogen) atoms. The Hall–Kier alpha value is -2.15. The van der Waals surface area contributed by atoms with Crippen molar-refractivity contribution < 1.29 is 9.72 Å². The number of non-ortho nitro benzene ring substituents is 1. The zero-order valence-corrected chi connectivity index (χ0v) is 13.3. The molecule has 0 unspecified atom stereocenters. The third kappa shape index (κ3) is 4.92. The zero-order chi connectivity index (χ0) is 16.7. The molecular formula is C16H24N4O3. The van der Waals surface area contributed by atoms with Gasteiger partial charge in [0.1, 0.15) is 0 Å². The number of anilines is 1. The number of amides is 1. The molecule has 1 heterocycles. The zero-order valence-electron chi connectivity index (χ0n) is 13.3. The van der Waals surface area contributed by atoms with Gasteiger partial charge in [0.05, 0.1) is 4.92 Å². The molecule has 0 saturated carbocycles. The summed E-state index contributed by atoms with van der Waals surface area (Å²) in [6.07, 6.45) is 3.47. The van der Waals surface area contributed by atoms with E-state index in [0.717, 1.165) is 38.0 Å². The van der Waals surface area contributed by atoms with E-state index in [4.69, 9.17) is 5.73 Å². The topological polar surface area (TPSA) is 92.7 Å². The van der Waals surface area contributed by atoms with Crippen LogP contribution >= 0.6 is 0 Å². The molecule has 0 bridgehead atoms. The van der Waals surface area contributed by atoms with E-state index in [9.17, 15) is 14.9 Å². The fourth-order valence-electron chi connectivity index (χ4n) is 2.75. The first kappa shape index (κ1) is 17.2. The van der Waals surface area contributed by atoms with Gasteiger partial charge >= 0.3 is 0 Å². The first-order valence-electron chi connectivity index (χ1n) is 8.09. The molecule has 1 fully saturated rings. The number of nitrogens with zero attached hydrogens (tertiary/aromatic N) is 3. The molecule has 1 amide bonds. The lowest BCUT2D eigenvalue weighted by atomic mass is 10.1. The molecule has 7 nitrogen and oxygen atoms in total. The lowest BCUT2D eigenvalue weighted by Gasteiger charge is -2.36. The number of benzene rings is 1. The van der Waals surface area contributed by atoms with Crippen LogP contribution in [-0.2, 0) is 4.79 Å². The second-order valence-corrected chi connectivity index (χ2v) is 5.74. The first-order chi connectivity index (χ1) is 11.1. The van der Waals surface area contributed by atoms with Crippen LogP contribution in [0.1, 0.15) is 25.7 Å². The number of unbranched alkanes of at least 4 members (excludes halogenated alkanes) is 2. The van der Waals surface area contributed by atoms with Gasteiger partial charge in [-0.3, -0.25) is 14.9 Å². The lowest BCUT2D eigenvalue weighted by molar-refractivity contribution is -0.384. The minimum atomic E-state index is -0.398. The maximum absolute atomic E-state index is 12.1. The van der Waals surface area contributed by atoms with E-state index in [1.54, 1.807) is 12.1 Å². The Morgan fingerprint density at radius 3 is 2.30 bits per heavy atom. The SMILES string of the molecule is NCCCCCC(=O)N1CCN(c2ccc([N+](=O)[O-])cc2)CC1. The monoisotopic (exact) mass is 320 g/mol. The van der Waals surface area contributed by atoms with Crippen molar-refractivity contribution in [2.75, 3.05) is 37.6 Å². The molecule has 2 rings (SSSR count). The van der Waals surface area contributed by atoms with Crippen LogP contribution in [-0.4, -0.2) is 48.5 Å². The third-order valence-electron chi connectivity index (χ3n) is 4.15. The maximum atomic E-state index is 12.1. The van der Waals surface area contributed by atoms with E-state index < -0.39 is 4.92 Å². The van der Waals surface area contributed by atoms with E-state index in [1.807, 2.05) is 4.90 Å². The van der Waals surface area contributed by atoms with Gasteiger partial charge in [0.15, 0.2) is 0 Å². The smallest absolute Gasteiger partial charge is 0.269 e. The molecule has 0 aliphatic carbocycles. The molecule has 1 saturated heterocycles. The number of rotatable bonds is 7. The quantitative estimate of drug-likeness (QED) is 0.469. The minimum Gasteiger partial charge on any atom is -0.368 e. The van der Waals surface area contributed by atoms with E-state index in [1.165, 1.54) is 12.1 Å². The van der Waals surface area contributed by atoms with Crippen molar-refractivity contribution in [3.8, 4) is 0 Å². The highest BCUT2D eigenvalue weighted by Crippen LogP contribution is 2.20. The maximum Gasteiger partial charge on any atom is 0.269 e. The van der Waals surface area contributed by atoms with Crippen LogP contribution < -0.4 is 10.6 Å². The van der Waals surface area contributed by atoms with E-state index in [-0.39, 0.29) is 11.6 Å². The number of hydrogen-bond donors (Lipinski definition) is 1. The number of piperazine rings is 1. The Kier molecular flexibility index (Phi) is 6.34. The van der Waals surface area contributed by atoms with Gasteiger partial charge in [0.25, 0.3) is 5.69 Å². The number of hydrogen-bond acceptors (Lipinski definition) is 5. The van der Waals surface area contributed by atoms with Crippen molar-refractivity contribution in [2.24, 2.45) is 5.73 Å². The molecule has 7 heteroatoms. The number of carbonyl (C=O) groups is 1. The fraction of sp³-hybridized carbons (Fsp3) is 0.562. The molecular weight excluding hydrogens is 296 g/mol. The summed E-state index contributed by atoms with van der Waals surface area (Å²) in [5.41, 5.74) is 6.51. The van der Waals surface area contributed by atoms with E-state index in [0.29, 0.717) is 26.1 Å². The molecule has 1 aliphatic rings. The lowest BCUT2D eigenvalue weighted by Crippen LogP contribution is -2.48. The molecule has 0 radical (unpaired) electrons. The van der Waals surface area contributed by atoms with Crippen LogP contribution in [0.2, 0.25) is 0 Å². The Balaban J connectivity index is 1.79. The highest BCUT2D eigenvalue weighted by atomic mass is 16.6. The Morgan fingerprint density at radius 2 is 1.74 bits per heavy atom. The second-order valence-electron chi connectivity index (χ2n) is 5.74. The summed E-state index contributed by atoms with van der Waals surface area (Å²) in [6, 6.07) is 6.57. The summed E-state index contributed by atoms with van der Waals surface area (Å²) < 4.78 is 0. The predicted molar refractivity (Wildman–Crippen MR) is 89.4 cm³/mol. The predicted octanol–water partition coefficient (Wildman–Crippen LogP) is 1.76. The summed E-state index contributed by atoms with van der Waals surface area (Å²) in [6.45, 7) is 3.60. The van der Waals surface area contributed by atoms with Gasteiger partial charge in [-0.2, -0.15) is 0 Å². The van der Waals surface area contributed by atoms with Gasteiger partial charge < -0.3 is 15.5 Å². The van der Waals surface area contributed by atoms with E-state index >= 15 is 0 Å². The molecule has 2 N–H and O–H groups in total. The van der Waals surface area contributed by atoms with Crippen molar-refractivity contribution >= 4 is 17.3 Å². The minimum absolute atomic E-state index is 0.0973. The number of nitro groups is 1. The molecule has 1 aromatic carbocycles.